The highest BCUT2D eigenvalue weighted by molar-refractivity contribution is 7.17. The Morgan fingerprint density at radius 3 is 2.75 bits per heavy atom. The van der Waals surface area contributed by atoms with Gasteiger partial charge in [-0.15, -0.1) is 11.3 Å². The standard InChI is InChI=1S/C17H17N3O3S/c1-2-7-23-12-5-3-11(4-6-12)13-9-24-16-15(13)17(22)20(10-19-16)8-14(18)21/h3-6,9-10H,2,7-8H2,1H3,(H2,18,21). The lowest BCUT2D eigenvalue weighted by atomic mass is 10.1. The van der Waals surface area contributed by atoms with E-state index in [2.05, 4.69) is 11.9 Å². The van der Waals surface area contributed by atoms with E-state index in [1.54, 1.807) is 0 Å². The summed E-state index contributed by atoms with van der Waals surface area (Å²) >= 11 is 1.40. The van der Waals surface area contributed by atoms with Crippen LogP contribution in [-0.4, -0.2) is 22.1 Å². The van der Waals surface area contributed by atoms with Gasteiger partial charge in [-0.25, -0.2) is 4.98 Å². The number of nitrogens with zero attached hydrogens (tertiary/aromatic N) is 2. The van der Waals surface area contributed by atoms with E-state index in [0.717, 1.165) is 23.3 Å². The molecule has 3 rings (SSSR count). The van der Waals surface area contributed by atoms with Gasteiger partial charge in [-0.05, 0) is 24.1 Å². The first-order valence-corrected chi connectivity index (χ1v) is 8.46. The molecule has 2 heterocycles. The maximum Gasteiger partial charge on any atom is 0.263 e. The molecule has 0 saturated carbocycles. The van der Waals surface area contributed by atoms with Crippen molar-refractivity contribution in [1.82, 2.24) is 9.55 Å². The van der Waals surface area contributed by atoms with Crippen molar-refractivity contribution < 1.29 is 9.53 Å². The van der Waals surface area contributed by atoms with Crippen molar-refractivity contribution in [2.45, 2.75) is 19.9 Å². The Kier molecular flexibility index (Phi) is 4.61. The van der Waals surface area contributed by atoms with Crippen LogP contribution in [0, 0.1) is 0 Å². The van der Waals surface area contributed by atoms with Gasteiger partial charge in [-0.3, -0.25) is 14.2 Å². The van der Waals surface area contributed by atoms with Crippen molar-refractivity contribution in [3.8, 4) is 16.9 Å². The molecule has 124 valence electrons. The van der Waals surface area contributed by atoms with E-state index in [1.807, 2.05) is 29.6 Å². The molecular weight excluding hydrogens is 326 g/mol. The first-order chi connectivity index (χ1) is 11.6. The predicted molar refractivity (Wildman–Crippen MR) is 94.3 cm³/mol. The van der Waals surface area contributed by atoms with Crippen LogP contribution in [0.5, 0.6) is 5.75 Å². The molecular formula is C17H17N3O3S. The lowest BCUT2D eigenvalue weighted by molar-refractivity contribution is -0.118. The zero-order valence-electron chi connectivity index (χ0n) is 13.2. The van der Waals surface area contributed by atoms with Gasteiger partial charge < -0.3 is 10.5 Å². The summed E-state index contributed by atoms with van der Waals surface area (Å²) in [5, 5.41) is 2.40. The van der Waals surface area contributed by atoms with Gasteiger partial charge in [-0.1, -0.05) is 19.1 Å². The van der Waals surface area contributed by atoms with E-state index in [1.165, 1.54) is 22.2 Å². The van der Waals surface area contributed by atoms with Crippen LogP contribution >= 0.6 is 11.3 Å². The Bertz CT molecular complexity index is 928. The van der Waals surface area contributed by atoms with Gasteiger partial charge in [0.2, 0.25) is 5.91 Å². The molecule has 0 aliphatic heterocycles. The van der Waals surface area contributed by atoms with Crippen LogP contribution in [0.25, 0.3) is 21.3 Å². The molecule has 2 N–H and O–H groups in total. The normalized spacial score (nSPS) is 10.9. The van der Waals surface area contributed by atoms with Gasteiger partial charge in [0, 0.05) is 10.9 Å². The van der Waals surface area contributed by atoms with Gasteiger partial charge in [-0.2, -0.15) is 0 Å². The third kappa shape index (κ3) is 3.16. The third-order valence-electron chi connectivity index (χ3n) is 3.53. The van der Waals surface area contributed by atoms with Crippen molar-refractivity contribution >= 4 is 27.5 Å². The van der Waals surface area contributed by atoms with Crippen molar-refractivity contribution in [3.05, 3.63) is 46.3 Å². The number of benzene rings is 1. The molecule has 2 aromatic heterocycles. The van der Waals surface area contributed by atoms with Gasteiger partial charge >= 0.3 is 0 Å². The zero-order valence-corrected chi connectivity index (χ0v) is 14.0. The first-order valence-electron chi connectivity index (χ1n) is 7.58. The van der Waals surface area contributed by atoms with Crippen LogP contribution in [0.3, 0.4) is 0 Å². The van der Waals surface area contributed by atoms with Gasteiger partial charge in [0.15, 0.2) is 0 Å². The summed E-state index contributed by atoms with van der Waals surface area (Å²) < 4.78 is 6.81. The number of hydrogen-bond acceptors (Lipinski definition) is 5. The maximum absolute atomic E-state index is 12.6. The molecule has 0 radical (unpaired) electrons. The number of primary amides is 1. The van der Waals surface area contributed by atoms with Gasteiger partial charge in [0.25, 0.3) is 5.56 Å². The molecule has 0 unspecified atom stereocenters. The molecule has 0 aliphatic carbocycles. The number of carbonyl (C=O) groups excluding carboxylic acids is 1. The topological polar surface area (TPSA) is 87.2 Å². The Hall–Kier alpha value is -2.67. The predicted octanol–water partition coefficient (Wildman–Crippen LogP) is 2.40. The Morgan fingerprint density at radius 1 is 1.33 bits per heavy atom. The molecule has 0 bridgehead atoms. The minimum absolute atomic E-state index is 0.180. The van der Waals surface area contributed by atoms with Crippen molar-refractivity contribution in [1.29, 1.82) is 0 Å². The molecule has 0 atom stereocenters. The highest BCUT2D eigenvalue weighted by atomic mass is 32.1. The summed E-state index contributed by atoms with van der Waals surface area (Å²) in [7, 11) is 0. The van der Waals surface area contributed by atoms with Crippen molar-refractivity contribution in [2.24, 2.45) is 5.73 Å². The second-order valence-corrected chi connectivity index (χ2v) is 6.20. The molecule has 7 heteroatoms. The fourth-order valence-electron chi connectivity index (χ4n) is 2.41. The maximum atomic E-state index is 12.6. The van der Waals surface area contributed by atoms with E-state index in [9.17, 15) is 9.59 Å². The summed E-state index contributed by atoms with van der Waals surface area (Å²) in [5.74, 6) is 0.219. The second-order valence-electron chi connectivity index (χ2n) is 5.35. The average molecular weight is 343 g/mol. The van der Waals surface area contributed by atoms with Crippen molar-refractivity contribution in [3.63, 3.8) is 0 Å². The lowest BCUT2D eigenvalue weighted by Crippen LogP contribution is -2.28. The van der Waals surface area contributed by atoms with E-state index in [-0.39, 0.29) is 12.1 Å². The SMILES string of the molecule is CCCOc1ccc(-c2csc3ncn(CC(N)=O)c(=O)c23)cc1. The zero-order chi connectivity index (χ0) is 17.1. The number of nitrogens with two attached hydrogens (primary N) is 1. The largest absolute Gasteiger partial charge is 0.494 e. The molecule has 6 nitrogen and oxygen atoms in total. The van der Waals surface area contributed by atoms with E-state index in [4.69, 9.17) is 10.5 Å². The summed E-state index contributed by atoms with van der Waals surface area (Å²) in [4.78, 5) is 28.6. The van der Waals surface area contributed by atoms with E-state index < -0.39 is 5.91 Å². The smallest absolute Gasteiger partial charge is 0.263 e. The fourth-order valence-corrected chi connectivity index (χ4v) is 3.32. The number of hydrogen-bond donors (Lipinski definition) is 1. The number of fused-ring (bicyclic) bond motifs is 1. The van der Waals surface area contributed by atoms with Crippen LogP contribution in [0.15, 0.2) is 40.8 Å². The lowest BCUT2D eigenvalue weighted by Gasteiger charge is -2.06. The quantitative estimate of drug-likeness (QED) is 0.744. The second kappa shape index (κ2) is 6.84. The highest BCUT2D eigenvalue weighted by Crippen LogP contribution is 2.31. The van der Waals surface area contributed by atoms with Crippen LogP contribution in [-0.2, 0) is 11.3 Å². The minimum atomic E-state index is -0.576. The number of amides is 1. The Labute approximate surface area is 142 Å². The summed E-state index contributed by atoms with van der Waals surface area (Å²) in [6, 6.07) is 7.59. The highest BCUT2D eigenvalue weighted by Gasteiger charge is 2.14. The third-order valence-corrected chi connectivity index (χ3v) is 4.41. The number of ether oxygens (including phenoxy) is 1. The number of aromatic nitrogens is 2. The molecule has 0 saturated heterocycles. The molecule has 0 spiro atoms. The molecule has 0 aliphatic rings. The number of carbonyl (C=O) groups is 1. The monoisotopic (exact) mass is 343 g/mol. The number of rotatable bonds is 6. The fraction of sp³-hybridized carbons (Fsp3) is 0.235. The van der Waals surface area contributed by atoms with Crippen molar-refractivity contribution in [2.75, 3.05) is 6.61 Å². The first kappa shape index (κ1) is 16.2. The van der Waals surface area contributed by atoms with Crippen LogP contribution in [0.1, 0.15) is 13.3 Å². The minimum Gasteiger partial charge on any atom is -0.494 e. The van der Waals surface area contributed by atoms with Crippen LogP contribution in [0.4, 0.5) is 0 Å². The van der Waals surface area contributed by atoms with Gasteiger partial charge in [0.1, 0.15) is 17.1 Å². The van der Waals surface area contributed by atoms with E-state index in [0.29, 0.717) is 16.8 Å². The molecule has 0 fully saturated rings. The van der Waals surface area contributed by atoms with Crippen LogP contribution < -0.4 is 16.0 Å². The summed E-state index contributed by atoms with van der Waals surface area (Å²) in [6.07, 6.45) is 2.30. The molecule has 24 heavy (non-hydrogen) atoms. The average Bonchev–Trinajstić information content (AvgIpc) is 3.00. The number of thiophene rings is 1. The van der Waals surface area contributed by atoms with Crippen LogP contribution in [0.2, 0.25) is 0 Å². The molecule has 1 amide bonds. The molecule has 3 aromatic rings. The van der Waals surface area contributed by atoms with E-state index >= 15 is 0 Å². The van der Waals surface area contributed by atoms with Gasteiger partial charge in [0.05, 0.1) is 18.3 Å². The Morgan fingerprint density at radius 2 is 2.08 bits per heavy atom. The molecule has 1 aromatic carbocycles. The summed E-state index contributed by atoms with van der Waals surface area (Å²) in [5.41, 5.74) is 6.62. The Balaban J connectivity index is 2.03. The summed E-state index contributed by atoms with van der Waals surface area (Å²) in [6.45, 7) is 2.54.